The number of rotatable bonds is 6. The molecule has 0 fully saturated rings. The molecule has 0 aromatic carbocycles. The lowest BCUT2D eigenvalue weighted by molar-refractivity contribution is -0.141. The monoisotopic (exact) mass is 293 g/mol. The molecule has 0 spiro atoms. The summed E-state index contributed by atoms with van der Waals surface area (Å²) in [6.07, 6.45) is -0.178. The van der Waals surface area contributed by atoms with E-state index in [1.165, 1.54) is 6.08 Å². The Morgan fingerprint density at radius 1 is 1.44 bits per heavy atom. The Hall–Kier alpha value is -1.21. The van der Waals surface area contributed by atoms with Crippen molar-refractivity contribution in [2.24, 2.45) is 5.73 Å². The van der Waals surface area contributed by atoms with Gasteiger partial charge in [-0.3, -0.25) is 9.59 Å². The number of halogens is 1. The summed E-state index contributed by atoms with van der Waals surface area (Å²) in [5.74, 6) is -1.26. The summed E-state index contributed by atoms with van der Waals surface area (Å²) in [6.45, 7) is 3.25. The van der Waals surface area contributed by atoms with Gasteiger partial charge in [-0.25, -0.2) is 4.79 Å². The van der Waals surface area contributed by atoms with Crippen molar-refractivity contribution < 1.29 is 23.9 Å². The van der Waals surface area contributed by atoms with Gasteiger partial charge < -0.3 is 15.2 Å². The van der Waals surface area contributed by atoms with Gasteiger partial charge in [-0.2, -0.15) is 0 Å². The van der Waals surface area contributed by atoms with Crippen LogP contribution in [0, 0.1) is 0 Å². The molecule has 0 aromatic heterocycles. The van der Waals surface area contributed by atoms with Crippen LogP contribution in [0.2, 0.25) is 0 Å². The van der Waals surface area contributed by atoms with Gasteiger partial charge in [0.2, 0.25) is 0 Å². The molecule has 0 saturated heterocycles. The summed E-state index contributed by atoms with van der Waals surface area (Å²) in [5.41, 5.74) is 5.36. The largest absolute Gasteiger partial charge is 0.516 e. The predicted molar refractivity (Wildman–Crippen MR) is 59.0 cm³/mol. The number of hydrogen-bond donors (Lipinski definition) is 1. The fourth-order valence-electron chi connectivity index (χ4n) is 0.684. The quantitative estimate of drug-likeness (QED) is 0.332. The molecule has 90 valence electrons. The van der Waals surface area contributed by atoms with Crippen LogP contribution in [-0.4, -0.2) is 35.9 Å². The Morgan fingerprint density at radius 2 is 2.06 bits per heavy atom. The number of carbonyl (C=O) groups excluding carboxylic acids is 3. The first-order valence-corrected chi connectivity index (χ1v) is 5.46. The SMILES string of the molecule is C=CCOC(=O)OC(=O)CC(N)C(=O)CBr. The van der Waals surface area contributed by atoms with E-state index in [0.717, 1.165) is 0 Å². The first-order valence-electron chi connectivity index (χ1n) is 4.33. The van der Waals surface area contributed by atoms with Crippen molar-refractivity contribution in [1.29, 1.82) is 0 Å². The minimum absolute atomic E-state index is 0.0440. The highest BCUT2D eigenvalue weighted by Gasteiger charge is 2.19. The molecule has 7 heteroatoms. The summed E-state index contributed by atoms with van der Waals surface area (Å²) in [6, 6.07) is -0.987. The van der Waals surface area contributed by atoms with E-state index >= 15 is 0 Å². The van der Waals surface area contributed by atoms with E-state index in [-0.39, 0.29) is 24.1 Å². The van der Waals surface area contributed by atoms with Crippen molar-refractivity contribution >= 4 is 33.8 Å². The second-order valence-corrected chi connectivity index (χ2v) is 3.30. The highest BCUT2D eigenvalue weighted by Crippen LogP contribution is 1.98. The summed E-state index contributed by atoms with van der Waals surface area (Å²) in [7, 11) is 0. The van der Waals surface area contributed by atoms with E-state index in [0.29, 0.717) is 0 Å². The number of ether oxygens (including phenoxy) is 2. The number of alkyl halides is 1. The molecule has 0 aliphatic rings. The summed E-state index contributed by atoms with van der Waals surface area (Å²) < 4.78 is 8.62. The van der Waals surface area contributed by atoms with Gasteiger partial charge in [-0.05, 0) is 0 Å². The minimum atomic E-state index is -1.14. The number of Topliss-reactive ketones (excluding diaryl/α,β-unsaturated/α-hetero) is 1. The first kappa shape index (κ1) is 14.8. The molecule has 0 bridgehead atoms. The molecule has 0 rings (SSSR count). The van der Waals surface area contributed by atoms with Crippen LogP contribution in [-0.2, 0) is 19.1 Å². The van der Waals surface area contributed by atoms with Gasteiger partial charge in [-0.15, -0.1) is 0 Å². The maximum absolute atomic E-state index is 11.1. The van der Waals surface area contributed by atoms with Crippen LogP contribution in [0.25, 0.3) is 0 Å². The van der Waals surface area contributed by atoms with Gasteiger partial charge in [0.1, 0.15) is 6.61 Å². The zero-order valence-electron chi connectivity index (χ0n) is 8.48. The summed E-state index contributed by atoms with van der Waals surface area (Å²) >= 11 is 2.91. The Balaban J connectivity index is 3.94. The third-order valence-electron chi connectivity index (χ3n) is 1.45. The Kier molecular flexibility index (Phi) is 7.40. The second-order valence-electron chi connectivity index (χ2n) is 2.73. The first-order chi connectivity index (χ1) is 7.51. The number of nitrogens with two attached hydrogens (primary N) is 1. The van der Waals surface area contributed by atoms with E-state index in [1.54, 1.807) is 0 Å². The van der Waals surface area contributed by atoms with Crippen LogP contribution in [0.3, 0.4) is 0 Å². The van der Waals surface area contributed by atoms with Crippen molar-refractivity contribution in [1.82, 2.24) is 0 Å². The molecule has 16 heavy (non-hydrogen) atoms. The average Bonchev–Trinajstić information content (AvgIpc) is 2.24. The fourth-order valence-corrected chi connectivity index (χ4v) is 1.10. The van der Waals surface area contributed by atoms with Crippen molar-refractivity contribution in [2.75, 3.05) is 11.9 Å². The molecule has 1 atom stereocenters. The van der Waals surface area contributed by atoms with Gasteiger partial charge in [0.15, 0.2) is 5.78 Å². The molecule has 0 amide bonds. The lowest BCUT2D eigenvalue weighted by Crippen LogP contribution is -2.34. The second kappa shape index (κ2) is 8.00. The zero-order chi connectivity index (χ0) is 12.6. The Morgan fingerprint density at radius 3 is 2.56 bits per heavy atom. The number of esters is 1. The molecule has 1 unspecified atom stereocenters. The third kappa shape index (κ3) is 6.31. The number of carbonyl (C=O) groups is 3. The highest BCUT2D eigenvalue weighted by molar-refractivity contribution is 9.09. The lowest BCUT2D eigenvalue weighted by atomic mass is 10.1. The number of hydrogen-bond acceptors (Lipinski definition) is 6. The van der Waals surface area contributed by atoms with Crippen LogP contribution < -0.4 is 5.73 Å². The van der Waals surface area contributed by atoms with E-state index < -0.39 is 18.2 Å². The third-order valence-corrected chi connectivity index (χ3v) is 2.00. The maximum atomic E-state index is 11.1. The Labute approximate surface area is 101 Å². The average molecular weight is 294 g/mol. The molecule has 0 aliphatic heterocycles. The standard InChI is InChI=1S/C9H12BrNO5/c1-2-3-15-9(14)16-8(13)4-6(11)7(12)5-10/h2,6H,1,3-5,11H2. The lowest BCUT2D eigenvalue weighted by Gasteiger charge is -2.07. The van der Waals surface area contributed by atoms with Gasteiger partial charge in [0, 0.05) is 0 Å². The van der Waals surface area contributed by atoms with E-state index in [1.807, 2.05) is 0 Å². The van der Waals surface area contributed by atoms with Crippen LogP contribution >= 0.6 is 15.9 Å². The topological polar surface area (TPSA) is 95.7 Å². The number of ketones is 1. The van der Waals surface area contributed by atoms with Crippen molar-refractivity contribution in [3.05, 3.63) is 12.7 Å². The normalized spacial score (nSPS) is 11.4. The van der Waals surface area contributed by atoms with E-state index in [2.05, 4.69) is 32.0 Å². The highest BCUT2D eigenvalue weighted by atomic mass is 79.9. The van der Waals surface area contributed by atoms with Crippen molar-refractivity contribution in [2.45, 2.75) is 12.5 Å². The summed E-state index contributed by atoms with van der Waals surface area (Å²) in [4.78, 5) is 32.8. The van der Waals surface area contributed by atoms with Crippen LogP contribution in [0.4, 0.5) is 4.79 Å². The summed E-state index contributed by atoms with van der Waals surface area (Å²) in [5, 5.41) is 0.0440. The molecule has 0 aromatic rings. The van der Waals surface area contributed by atoms with Gasteiger partial charge in [-0.1, -0.05) is 28.6 Å². The van der Waals surface area contributed by atoms with E-state index in [4.69, 9.17) is 5.73 Å². The van der Waals surface area contributed by atoms with Crippen LogP contribution in [0.15, 0.2) is 12.7 Å². The maximum Gasteiger partial charge on any atom is 0.516 e. The molecule has 6 nitrogen and oxygen atoms in total. The zero-order valence-corrected chi connectivity index (χ0v) is 10.1. The smallest absolute Gasteiger partial charge is 0.430 e. The molecule has 0 aliphatic carbocycles. The fraction of sp³-hybridized carbons (Fsp3) is 0.444. The van der Waals surface area contributed by atoms with Gasteiger partial charge >= 0.3 is 12.1 Å². The predicted octanol–water partition coefficient (Wildman–Crippen LogP) is 0.534. The molecule has 0 saturated carbocycles. The van der Waals surface area contributed by atoms with Crippen LogP contribution in [0.1, 0.15) is 6.42 Å². The van der Waals surface area contributed by atoms with Gasteiger partial charge in [0.05, 0.1) is 17.8 Å². The van der Waals surface area contributed by atoms with Crippen molar-refractivity contribution in [3.8, 4) is 0 Å². The molecule has 0 heterocycles. The Bertz CT molecular complexity index is 292. The van der Waals surface area contributed by atoms with E-state index in [9.17, 15) is 14.4 Å². The molecule has 0 radical (unpaired) electrons. The molecular weight excluding hydrogens is 282 g/mol. The molecular formula is C9H12BrNO5. The minimum Gasteiger partial charge on any atom is -0.430 e. The molecule has 2 N–H and O–H groups in total. The van der Waals surface area contributed by atoms with Crippen LogP contribution in [0.5, 0.6) is 0 Å². The van der Waals surface area contributed by atoms with Gasteiger partial charge in [0.25, 0.3) is 0 Å². The van der Waals surface area contributed by atoms with Crippen molar-refractivity contribution in [3.63, 3.8) is 0 Å².